The zero-order valence-electron chi connectivity index (χ0n) is 15.1. The van der Waals surface area contributed by atoms with Crippen molar-refractivity contribution in [1.82, 2.24) is 4.72 Å². The van der Waals surface area contributed by atoms with E-state index in [2.05, 4.69) is 4.72 Å². The van der Waals surface area contributed by atoms with Crippen LogP contribution in [-0.2, 0) is 10.0 Å². The molecule has 0 saturated carbocycles. The summed E-state index contributed by atoms with van der Waals surface area (Å²) in [5.41, 5.74) is 6.23. The Bertz CT molecular complexity index is 939. The first-order chi connectivity index (χ1) is 12.8. The highest BCUT2D eigenvalue weighted by Gasteiger charge is 2.25. The zero-order chi connectivity index (χ0) is 19.6. The number of benzene rings is 2. The Hall–Kier alpha value is -2.58. The van der Waals surface area contributed by atoms with E-state index in [4.69, 9.17) is 15.2 Å². The third-order valence-electron chi connectivity index (χ3n) is 4.32. The predicted molar refractivity (Wildman–Crippen MR) is 100 cm³/mol. The van der Waals surface area contributed by atoms with Gasteiger partial charge in [0.1, 0.15) is 13.2 Å². The van der Waals surface area contributed by atoms with E-state index in [-0.39, 0.29) is 16.4 Å². The lowest BCUT2D eigenvalue weighted by Crippen LogP contribution is -2.32. The highest BCUT2D eigenvalue weighted by atomic mass is 32.2. The number of nitrogens with one attached hydrogen (secondary N) is 1. The highest BCUT2D eigenvalue weighted by molar-refractivity contribution is 7.89. The topological polar surface area (TPSA) is 108 Å². The number of sulfonamides is 1. The Labute approximate surface area is 158 Å². The predicted octanol–water partition coefficient (Wildman–Crippen LogP) is 2.23. The monoisotopic (exact) mass is 390 g/mol. The molecule has 0 aromatic heterocycles. The van der Waals surface area contributed by atoms with Gasteiger partial charge in [-0.25, -0.2) is 13.1 Å². The lowest BCUT2D eigenvalue weighted by molar-refractivity contribution is 0.1000. The van der Waals surface area contributed by atoms with Gasteiger partial charge >= 0.3 is 0 Å². The molecule has 3 N–H and O–H groups in total. The Balaban J connectivity index is 1.88. The van der Waals surface area contributed by atoms with Crippen molar-refractivity contribution >= 4 is 15.9 Å². The number of carbonyl (C=O) groups excluding carboxylic acids is 1. The van der Waals surface area contributed by atoms with Crippen molar-refractivity contribution in [2.24, 2.45) is 11.7 Å². The van der Waals surface area contributed by atoms with Crippen LogP contribution in [0.3, 0.4) is 0 Å². The summed E-state index contributed by atoms with van der Waals surface area (Å²) in [5.74, 6) is 0.641. The smallest absolute Gasteiger partial charge is 0.248 e. The molecule has 0 aliphatic carbocycles. The van der Waals surface area contributed by atoms with Gasteiger partial charge in [0.2, 0.25) is 15.9 Å². The van der Waals surface area contributed by atoms with Crippen LogP contribution in [-0.4, -0.2) is 27.5 Å². The van der Waals surface area contributed by atoms with Crippen LogP contribution in [0.1, 0.15) is 35.8 Å². The maximum Gasteiger partial charge on any atom is 0.248 e. The van der Waals surface area contributed by atoms with E-state index in [9.17, 15) is 13.2 Å². The van der Waals surface area contributed by atoms with Gasteiger partial charge in [0.05, 0.1) is 4.90 Å². The van der Waals surface area contributed by atoms with Gasteiger partial charge in [-0.2, -0.15) is 0 Å². The van der Waals surface area contributed by atoms with Crippen molar-refractivity contribution in [2.45, 2.75) is 24.8 Å². The number of carbonyl (C=O) groups is 1. The summed E-state index contributed by atoms with van der Waals surface area (Å²) in [5, 5.41) is 0. The van der Waals surface area contributed by atoms with Crippen LogP contribution in [0.25, 0.3) is 0 Å². The van der Waals surface area contributed by atoms with E-state index in [0.717, 1.165) is 5.56 Å². The molecule has 0 fully saturated rings. The van der Waals surface area contributed by atoms with Crippen molar-refractivity contribution in [3.8, 4) is 11.5 Å². The molecule has 27 heavy (non-hydrogen) atoms. The van der Waals surface area contributed by atoms with Gasteiger partial charge in [0.15, 0.2) is 11.5 Å². The van der Waals surface area contributed by atoms with Crippen LogP contribution in [0.4, 0.5) is 0 Å². The summed E-state index contributed by atoms with van der Waals surface area (Å²) < 4.78 is 39.5. The largest absolute Gasteiger partial charge is 0.486 e. The molecular weight excluding hydrogens is 368 g/mol. The van der Waals surface area contributed by atoms with Crippen molar-refractivity contribution in [3.05, 3.63) is 53.6 Å². The number of fused-ring (bicyclic) bond motifs is 1. The molecule has 1 aliphatic rings. The maximum absolute atomic E-state index is 12.8. The lowest BCUT2D eigenvalue weighted by atomic mass is 9.97. The lowest BCUT2D eigenvalue weighted by Gasteiger charge is -2.25. The SMILES string of the molecule is CC(C)[C@@H](NS(=O)(=O)c1ccc(C(N)=O)cc1)c1ccc2c(c1)OCCO2. The molecular formula is C19H22N2O5S. The van der Waals surface area contributed by atoms with Crippen LogP contribution in [0.2, 0.25) is 0 Å². The minimum atomic E-state index is -3.79. The second kappa shape index (κ2) is 7.58. The molecule has 1 aliphatic heterocycles. The molecule has 1 heterocycles. The molecule has 0 saturated heterocycles. The second-order valence-corrected chi connectivity index (χ2v) is 8.35. The van der Waals surface area contributed by atoms with Gasteiger partial charge in [-0.3, -0.25) is 4.79 Å². The normalized spacial score (nSPS) is 14.8. The molecule has 0 radical (unpaired) electrons. The van der Waals surface area contributed by atoms with E-state index in [1.54, 1.807) is 12.1 Å². The highest BCUT2D eigenvalue weighted by Crippen LogP contribution is 2.35. The quantitative estimate of drug-likeness (QED) is 0.786. The van der Waals surface area contributed by atoms with Gasteiger partial charge in [0.25, 0.3) is 0 Å². The Morgan fingerprint density at radius 2 is 1.67 bits per heavy atom. The van der Waals surface area contributed by atoms with E-state index >= 15 is 0 Å². The van der Waals surface area contributed by atoms with E-state index in [1.165, 1.54) is 24.3 Å². The van der Waals surface area contributed by atoms with Crippen molar-refractivity contribution < 1.29 is 22.7 Å². The number of hydrogen-bond donors (Lipinski definition) is 2. The third-order valence-corrected chi connectivity index (χ3v) is 5.78. The fourth-order valence-corrected chi connectivity index (χ4v) is 4.25. The second-order valence-electron chi connectivity index (χ2n) is 6.63. The Morgan fingerprint density at radius 3 is 2.26 bits per heavy atom. The average molecular weight is 390 g/mol. The van der Waals surface area contributed by atoms with Gasteiger partial charge in [-0.1, -0.05) is 19.9 Å². The summed E-state index contributed by atoms with van der Waals surface area (Å²) in [6.07, 6.45) is 0. The van der Waals surface area contributed by atoms with E-state index in [1.807, 2.05) is 19.9 Å². The minimum Gasteiger partial charge on any atom is -0.486 e. The van der Waals surface area contributed by atoms with Gasteiger partial charge in [0, 0.05) is 11.6 Å². The molecule has 0 spiro atoms. The number of primary amides is 1. The molecule has 0 unspecified atom stereocenters. The van der Waals surface area contributed by atoms with Crippen LogP contribution in [0.5, 0.6) is 11.5 Å². The third kappa shape index (κ3) is 4.23. The molecule has 0 bridgehead atoms. The Morgan fingerprint density at radius 1 is 1.04 bits per heavy atom. The van der Waals surface area contributed by atoms with E-state index < -0.39 is 22.0 Å². The molecule has 1 atom stereocenters. The van der Waals surface area contributed by atoms with Gasteiger partial charge in [-0.15, -0.1) is 0 Å². The van der Waals surface area contributed by atoms with Gasteiger partial charge in [-0.05, 0) is 47.9 Å². The molecule has 3 rings (SSSR count). The average Bonchev–Trinajstić information content (AvgIpc) is 2.65. The fourth-order valence-electron chi connectivity index (χ4n) is 2.88. The number of ether oxygens (including phenoxy) is 2. The standard InChI is InChI=1S/C19H22N2O5S/c1-12(2)18(14-5-8-16-17(11-14)26-10-9-25-16)21-27(23,24)15-6-3-13(4-7-15)19(20)22/h3-8,11-12,18,21H,9-10H2,1-2H3,(H2,20,22)/t18-/m1/s1. The fraction of sp³-hybridized carbons (Fsp3) is 0.316. The van der Waals surface area contributed by atoms with Gasteiger partial charge < -0.3 is 15.2 Å². The molecule has 2 aromatic carbocycles. The van der Waals surface area contributed by atoms with Crippen LogP contribution in [0.15, 0.2) is 47.4 Å². The molecule has 1 amide bonds. The first kappa shape index (κ1) is 19.2. The molecule has 8 heteroatoms. The summed E-state index contributed by atoms with van der Waals surface area (Å²) in [7, 11) is -3.79. The number of hydrogen-bond acceptors (Lipinski definition) is 5. The molecule has 144 valence electrons. The number of rotatable bonds is 6. The Kier molecular flexibility index (Phi) is 5.38. The molecule has 2 aromatic rings. The summed E-state index contributed by atoms with van der Waals surface area (Å²) in [6.45, 7) is 4.81. The molecule has 7 nitrogen and oxygen atoms in total. The first-order valence-corrected chi connectivity index (χ1v) is 10.1. The van der Waals surface area contributed by atoms with Crippen LogP contribution >= 0.6 is 0 Å². The first-order valence-electron chi connectivity index (χ1n) is 8.59. The minimum absolute atomic E-state index is 0.00720. The van der Waals surface area contributed by atoms with Crippen LogP contribution < -0.4 is 19.9 Å². The zero-order valence-corrected chi connectivity index (χ0v) is 16.0. The summed E-state index contributed by atoms with van der Waals surface area (Å²) in [6, 6.07) is 10.5. The summed E-state index contributed by atoms with van der Waals surface area (Å²) >= 11 is 0. The van der Waals surface area contributed by atoms with E-state index in [0.29, 0.717) is 24.7 Å². The summed E-state index contributed by atoms with van der Waals surface area (Å²) in [4.78, 5) is 11.2. The van der Waals surface area contributed by atoms with Crippen LogP contribution in [0, 0.1) is 5.92 Å². The number of amides is 1. The van der Waals surface area contributed by atoms with Crippen molar-refractivity contribution in [1.29, 1.82) is 0 Å². The van der Waals surface area contributed by atoms with Crippen molar-refractivity contribution in [2.75, 3.05) is 13.2 Å². The van der Waals surface area contributed by atoms with Crippen molar-refractivity contribution in [3.63, 3.8) is 0 Å². The maximum atomic E-state index is 12.8. The number of nitrogens with two attached hydrogens (primary N) is 1.